The highest BCUT2D eigenvalue weighted by atomic mass is 79.9. The fourth-order valence-corrected chi connectivity index (χ4v) is 3.28. The third-order valence-electron chi connectivity index (χ3n) is 4.18. The van der Waals surface area contributed by atoms with Gasteiger partial charge < -0.3 is 10.2 Å². The van der Waals surface area contributed by atoms with Crippen LogP contribution >= 0.6 is 15.9 Å². The highest BCUT2D eigenvalue weighted by Gasteiger charge is 2.44. The van der Waals surface area contributed by atoms with Crippen LogP contribution in [0.3, 0.4) is 0 Å². The second kappa shape index (κ2) is 4.74. The summed E-state index contributed by atoms with van der Waals surface area (Å²) < 4.78 is 14.5. The summed E-state index contributed by atoms with van der Waals surface area (Å²) in [5.41, 5.74) is -0.220. The number of rotatable bonds is 1. The van der Waals surface area contributed by atoms with Crippen molar-refractivity contribution >= 4 is 27.7 Å². The van der Waals surface area contributed by atoms with E-state index < -0.39 is 0 Å². The topological polar surface area (TPSA) is 45.2 Å². The summed E-state index contributed by atoms with van der Waals surface area (Å²) in [4.78, 5) is 17.9. The Morgan fingerprint density at radius 3 is 2.68 bits per heavy atom. The van der Waals surface area contributed by atoms with Gasteiger partial charge in [-0.3, -0.25) is 4.79 Å². The molecule has 0 radical (unpaired) electrons. The van der Waals surface area contributed by atoms with Crippen LogP contribution in [0.5, 0.6) is 0 Å². The predicted molar refractivity (Wildman–Crippen MR) is 73.4 cm³/mol. The molecule has 1 amide bonds. The van der Waals surface area contributed by atoms with Gasteiger partial charge in [-0.1, -0.05) is 0 Å². The second-order valence-electron chi connectivity index (χ2n) is 5.23. The van der Waals surface area contributed by atoms with E-state index in [1.54, 1.807) is 6.20 Å². The van der Waals surface area contributed by atoms with E-state index in [0.717, 1.165) is 25.8 Å². The third-order valence-corrected chi connectivity index (χ3v) is 4.61. The molecule has 6 heteroatoms. The third kappa shape index (κ3) is 2.22. The number of nitrogens with one attached hydrogen (secondary N) is 1. The number of pyridine rings is 1. The molecule has 0 aromatic carbocycles. The van der Waals surface area contributed by atoms with Crippen molar-refractivity contribution in [2.45, 2.75) is 19.3 Å². The highest BCUT2D eigenvalue weighted by Crippen LogP contribution is 2.39. The van der Waals surface area contributed by atoms with E-state index in [0.29, 0.717) is 23.4 Å². The summed E-state index contributed by atoms with van der Waals surface area (Å²) in [5.74, 6) is 0.231. The lowest BCUT2D eigenvalue weighted by atomic mass is 9.77. The maximum Gasteiger partial charge on any atom is 0.226 e. The zero-order chi connectivity index (χ0) is 13.5. The summed E-state index contributed by atoms with van der Waals surface area (Å²) in [6, 6.07) is 1.43. The van der Waals surface area contributed by atoms with E-state index in [1.807, 2.05) is 4.90 Å². The van der Waals surface area contributed by atoms with Crippen LogP contribution in [0.4, 0.5) is 10.2 Å². The van der Waals surface area contributed by atoms with Gasteiger partial charge in [-0.05, 0) is 41.3 Å². The second-order valence-corrected chi connectivity index (χ2v) is 6.15. The molecule has 0 saturated carbocycles. The van der Waals surface area contributed by atoms with Crippen LogP contribution in [0.15, 0.2) is 16.7 Å². The molecule has 1 aromatic heterocycles. The van der Waals surface area contributed by atoms with Gasteiger partial charge in [0.25, 0.3) is 0 Å². The Hall–Kier alpha value is -1.17. The van der Waals surface area contributed by atoms with Gasteiger partial charge in [0.15, 0.2) is 11.6 Å². The van der Waals surface area contributed by atoms with Crippen LogP contribution in [0, 0.1) is 11.2 Å². The molecule has 102 valence electrons. The number of anilines is 1. The smallest absolute Gasteiger partial charge is 0.226 e. The number of halogens is 2. The van der Waals surface area contributed by atoms with Crippen molar-refractivity contribution < 1.29 is 9.18 Å². The minimum atomic E-state index is -0.318. The van der Waals surface area contributed by atoms with Crippen LogP contribution in [0.1, 0.15) is 19.3 Å². The lowest BCUT2D eigenvalue weighted by Gasteiger charge is -2.37. The maximum atomic E-state index is 13.9. The number of carbonyl (C=O) groups is 1. The van der Waals surface area contributed by atoms with E-state index in [1.165, 1.54) is 6.07 Å². The Bertz CT molecular complexity index is 515. The molecule has 1 N–H and O–H groups in total. The lowest BCUT2D eigenvalue weighted by Crippen LogP contribution is -2.44. The minimum Gasteiger partial charge on any atom is -0.356 e. The number of hydrogen-bond donors (Lipinski definition) is 1. The summed E-state index contributed by atoms with van der Waals surface area (Å²) in [6.07, 6.45) is 4.05. The molecule has 4 nitrogen and oxygen atoms in total. The normalized spacial score (nSPS) is 21.8. The van der Waals surface area contributed by atoms with Crippen LogP contribution in [0.25, 0.3) is 0 Å². The molecular weight excluding hydrogens is 313 g/mol. The standard InChI is InChI=1S/C13H15BrFN3O/c14-9-7-10(15)11(17-8-9)18-5-2-13(3-6-18)1-4-16-12(13)19/h7-8H,1-6H2,(H,16,19). The van der Waals surface area contributed by atoms with Crippen molar-refractivity contribution in [3.8, 4) is 0 Å². The molecule has 2 aliphatic rings. The number of amides is 1. The average Bonchev–Trinajstić information content (AvgIpc) is 2.73. The first-order valence-electron chi connectivity index (χ1n) is 6.45. The molecule has 0 atom stereocenters. The number of hydrogen-bond acceptors (Lipinski definition) is 3. The van der Waals surface area contributed by atoms with Crippen molar-refractivity contribution in [2.75, 3.05) is 24.5 Å². The Morgan fingerprint density at radius 1 is 1.37 bits per heavy atom. The zero-order valence-corrected chi connectivity index (χ0v) is 12.0. The molecular formula is C13H15BrFN3O. The minimum absolute atomic E-state index is 0.163. The first kappa shape index (κ1) is 12.8. The predicted octanol–water partition coefficient (Wildman–Crippen LogP) is 2.09. The molecule has 3 rings (SSSR count). The molecule has 2 aliphatic heterocycles. The van der Waals surface area contributed by atoms with Gasteiger partial charge in [-0.2, -0.15) is 0 Å². The molecule has 0 aliphatic carbocycles. The van der Waals surface area contributed by atoms with E-state index in [2.05, 4.69) is 26.2 Å². The monoisotopic (exact) mass is 327 g/mol. The molecule has 0 bridgehead atoms. The van der Waals surface area contributed by atoms with Gasteiger partial charge in [-0.25, -0.2) is 9.37 Å². The van der Waals surface area contributed by atoms with Crippen molar-refractivity contribution in [3.05, 3.63) is 22.6 Å². The molecule has 2 fully saturated rings. The van der Waals surface area contributed by atoms with Crippen molar-refractivity contribution in [1.29, 1.82) is 0 Å². The first-order valence-corrected chi connectivity index (χ1v) is 7.24. The Morgan fingerprint density at radius 2 is 2.11 bits per heavy atom. The molecule has 2 saturated heterocycles. The fraction of sp³-hybridized carbons (Fsp3) is 0.538. The SMILES string of the molecule is O=C1NCCC12CCN(c1ncc(Br)cc1F)CC2. The maximum absolute atomic E-state index is 13.9. The van der Waals surface area contributed by atoms with Crippen molar-refractivity contribution in [3.63, 3.8) is 0 Å². The Balaban J connectivity index is 1.75. The summed E-state index contributed by atoms with van der Waals surface area (Å²) in [5, 5.41) is 2.90. The highest BCUT2D eigenvalue weighted by molar-refractivity contribution is 9.10. The van der Waals surface area contributed by atoms with Crippen LogP contribution < -0.4 is 10.2 Å². The largest absolute Gasteiger partial charge is 0.356 e. The van der Waals surface area contributed by atoms with Crippen LogP contribution in [-0.4, -0.2) is 30.5 Å². The summed E-state index contributed by atoms with van der Waals surface area (Å²) in [6.45, 7) is 2.13. The quantitative estimate of drug-likeness (QED) is 0.859. The fourth-order valence-electron chi connectivity index (χ4n) is 2.98. The van der Waals surface area contributed by atoms with Gasteiger partial charge in [0.2, 0.25) is 5.91 Å². The number of piperidine rings is 1. The number of nitrogens with zero attached hydrogens (tertiary/aromatic N) is 2. The van der Waals surface area contributed by atoms with E-state index in [9.17, 15) is 9.18 Å². The Kier molecular flexibility index (Phi) is 3.20. The van der Waals surface area contributed by atoms with Gasteiger partial charge in [0.05, 0.1) is 5.41 Å². The van der Waals surface area contributed by atoms with Gasteiger partial charge >= 0.3 is 0 Å². The van der Waals surface area contributed by atoms with Gasteiger partial charge in [-0.15, -0.1) is 0 Å². The number of aromatic nitrogens is 1. The molecule has 3 heterocycles. The van der Waals surface area contributed by atoms with E-state index in [-0.39, 0.29) is 17.1 Å². The van der Waals surface area contributed by atoms with E-state index in [4.69, 9.17) is 0 Å². The molecule has 1 spiro atoms. The van der Waals surface area contributed by atoms with Crippen LogP contribution in [-0.2, 0) is 4.79 Å². The molecule has 19 heavy (non-hydrogen) atoms. The number of carbonyl (C=O) groups excluding carboxylic acids is 1. The van der Waals surface area contributed by atoms with Crippen LogP contribution in [0.2, 0.25) is 0 Å². The first-order chi connectivity index (χ1) is 9.11. The lowest BCUT2D eigenvalue weighted by molar-refractivity contribution is -0.128. The zero-order valence-electron chi connectivity index (χ0n) is 10.5. The van der Waals surface area contributed by atoms with Crippen molar-refractivity contribution in [1.82, 2.24) is 10.3 Å². The molecule has 0 unspecified atom stereocenters. The van der Waals surface area contributed by atoms with Gasteiger partial charge in [0, 0.05) is 30.3 Å². The van der Waals surface area contributed by atoms with Gasteiger partial charge in [0.1, 0.15) is 0 Å². The Labute approximate surface area is 119 Å². The summed E-state index contributed by atoms with van der Waals surface area (Å²) in [7, 11) is 0. The van der Waals surface area contributed by atoms with Crippen molar-refractivity contribution in [2.24, 2.45) is 5.41 Å². The van der Waals surface area contributed by atoms with E-state index >= 15 is 0 Å². The molecule has 1 aromatic rings. The summed E-state index contributed by atoms with van der Waals surface area (Å²) >= 11 is 3.20. The average molecular weight is 328 g/mol.